The largest absolute Gasteiger partial charge is 0.478 e. The first-order chi connectivity index (χ1) is 12.8. The van der Waals surface area contributed by atoms with Crippen molar-refractivity contribution in [2.24, 2.45) is 5.92 Å². The Kier molecular flexibility index (Phi) is 6.54. The Labute approximate surface area is 157 Å². The van der Waals surface area contributed by atoms with E-state index in [1.54, 1.807) is 38.1 Å². The van der Waals surface area contributed by atoms with E-state index in [1.807, 2.05) is 13.0 Å². The number of hydrogen-bond donors (Lipinski definition) is 4. The molecule has 2 aromatic carbocycles. The van der Waals surface area contributed by atoms with Gasteiger partial charge >= 0.3 is 12.0 Å². The maximum atomic E-state index is 12.2. The van der Waals surface area contributed by atoms with Crippen molar-refractivity contribution in [3.63, 3.8) is 0 Å². The molecule has 0 aliphatic heterocycles. The van der Waals surface area contributed by atoms with Crippen LogP contribution in [-0.4, -0.2) is 23.0 Å². The second-order valence-corrected chi connectivity index (χ2v) is 6.48. The van der Waals surface area contributed by atoms with Crippen LogP contribution in [0.15, 0.2) is 42.5 Å². The Hall–Kier alpha value is -3.35. The van der Waals surface area contributed by atoms with Crippen molar-refractivity contribution in [2.75, 3.05) is 10.6 Å². The number of urea groups is 1. The van der Waals surface area contributed by atoms with Crippen LogP contribution in [0.1, 0.15) is 35.3 Å². The lowest BCUT2D eigenvalue weighted by molar-refractivity contribution is -0.118. The number of carbonyl (C=O) groups is 3. The van der Waals surface area contributed by atoms with Crippen LogP contribution in [-0.2, 0) is 11.3 Å². The van der Waals surface area contributed by atoms with Crippen LogP contribution in [0, 0.1) is 12.8 Å². The van der Waals surface area contributed by atoms with Gasteiger partial charge in [-0.25, -0.2) is 9.59 Å². The van der Waals surface area contributed by atoms with Crippen LogP contribution < -0.4 is 16.0 Å². The molecule has 3 amide bonds. The molecule has 2 rings (SSSR count). The van der Waals surface area contributed by atoms with E-state index in [0.717, 1.165) is 11.1 Å². The Morgan fingerprint density at radius 3 is 2.26 bits per heavy atom. The van der Waals surface area contributed by atoms with Gasteiger partial charge in [0, 0.05) is 23.8 Å². The maximum Gasteiger partial charge on any atom is 0.335 e. The molecular weight excluding hydrogens is 346 g/mol. The lowest BCUT2D eigenvalue weighted by atomic mass is 10.1. The van der Waals surface area contributed by atoms with Gasteiger partial charge in [-0.15, -0.1) is 0 Å². The summed E-state index contributed by atoms with van der Waals surface area (Å²) in [6.07, 6.45) is 0. The molecule has 4 N–H and O–H groups in total. The molecule has 0 spiro atoms. The number of anilines is 2. The summed E-state index contributed by atoms with van der Waals surface area (Å²) >= 11 is 0. The highest BCUT2D eigenvalue weighted by molar-refractivity contribution is 5.94. The van der Waals surface area contributed by atoms with E-state index in [9.17, 15) is 14.4 Å². The zero-order chi connectivity index (χ0) is 20.0. The maximum absolute atomic E-state index is 12.2. The van der Waals surface area contributed by atoms with E-state index in [0.29, 0.717) is 11.4 Å². The summed E-state index contributed by atoms with van der Waals surface area (Å²) in [6, 6.07) is 11.2. The van der Waals surface area contributed by atoms with Gasteiger partial charge in [-0.3, -0.25) is 4.79 Å². The van der Waals surface area contributed by atoms with Gasteiger partial charge < -0.3 is 21.1 Å². The van der Waals surface area contributed by atoms with E-state index in [4.69, 9.17) is 5.11 Å². The molecule has 27 heavy (non-hydrogen) atoms. The van der Waals surface area contributed by atoms with Crippen LogP contribution in [0.25, 0.3) is 0 Å². The molecule has 0 heterocycles. The molecule has 7 nitrogen and oxygen atoms in total. The molecule has 0 aromatic heterocycles. The number of aromatic carboxylic acids is 1. The van der Waals surface area contributed by atoms with Crippen LogP contribution >= 0.6 is 0 Å². The number of benzene rings is 2. The molecule has 2 aromatic rings. The smallest absolute Gasteiger partial charge is 0.335 e. The third-order valence-corrected chi connectivity index (χ3v) is 3.93. The Balaban J connectivity index is 1.96. The molecule has 7 heteroatoms. The number of amides is 3. The van der Waals surface area contributed by atoms with Crippen molar-refractivity contribution in [1.29, 1.82) is 0 Å². The van der Waals surface area contributed by atoms with Crippen molar-refractivity contribution < 1.29 is 19.5 Å². The second kappa shape index (κ2) is 8.84. The minimum Gasteiger partial charge on any atom is -0.478 e. The van der Waals surface area contributed by atoms with Crippen LogP contribution in [0.2, 0.25) is 0 Å². The standard InChI is InChI=1S/C20H23N3O4/c1-12(2)18(24)22-16-9-4-13(3)17(10-16)23-20(27)21-11-14-5-7-15(8-6-14)19(25)26/h4-10,12H,11H2,1-3H3,(H,22,24)(H,25,26)(H2,21,23,27). The zero-order valence-corrected chi connectivity index (χ0v) is 15.5. The minimum atomic E-state index is -0.993. The third kappa shape index (κ3) is 5.85. The first-order valence-corrected chi connectivity index (χ1v) is 8.55. The molecule has 142 valence electrons. The first kappa shape index (κ1) is 20.0. The van der Waals surface area contributed by atoms with Gasteiger partial charge in [-0.05, 0) is 42.3 Å². The topological polar surface area (TPSA) is 108 Å². The second-order valence-electron chi connectivity index (χ2n) is 6.48. The van der Waals surface area contributed by atoms with E-state index in [2.05, 4.69) is 16.0 Å². The minimum absolute atomic E-state index is 0.0981. The van der Waals surface area contributed by atoms with E-state index in [-0.39, 0.29) is 23.9 Å². The Morgan fingerprint density at radius 1 is 1.00 bits per heavy atom. The third-order valence-electron chi connectivity index (χ3n) is 3.93. The average Bonchev–Trinajstić information content (AvgIpc) is 2.63. The van der Waals surface area contributed by atoms with Crippen molar-refractivity contribution in [3.8, 4) is 0 Å². The number of hydrogen-bond acceptors (Lipinski definition) is 3. The predicted octanol–water partition coefficient (Wildman–Crippen LogP) is 3.61. The fourth-order valence-electron chi connectivity index (χ4n) is 2.24. The van der Waals surface area contributed by atoms with Gasteiger partial charge in [0.05, 0.1) is 5.56 Å². The fraction of sp³-hybridized carbons (Fsp3) is 0.250. The highest BCUT2D eigenvalue weighted by Gasteiger charge is 2.10. The highest BCUT2D eigenvalue weighted by Crippen LogP contribution is 2.20. The molecule has 0 atom stereocenters. The summed E-state index contributed by atoms with van der Waals surface area (Å²) < 4.78 is 0. The summed E-state index contributed by atoms with van der Waals surface area (Å²) in [5.41, 5.74) is 3.04. The monoisotopic (exact) mass is 369 g/mol. The molecule has 0 bridgehead atoms. The molecule has 0 unspecified atom stereocenters. The fourth-order valence-corrected chi connectivity index (χ4v) is 2.24. The summed E-state index contributed by atoms with van der Waals surface area (Å²) in [5.74, 6) is -1.23. The molecule has 0 radical (unpaired) electrons. The van der Waals surface area contributed by atoms with Crippen LogP contribution in [0.3, 0.4) is 0 Å². The summed E-state index contributed by atoms with van der Waals surface area (Å²) in [5, 5.41) is 17.2. The molecule has 0 fully saturated rings. The van der Waals surface area contributed by atoms with Crippen molar-refractivity contribution in [1.82, 2.24) is 5.32 Å². The van der Waals surface area contributed by atoms with Crippen LogP contribution in [0.5, 0.6) is 0 Å². The SMILES string of the molecule is Cc1ccc(NC(=O)C(C)C)cc1NC(=O)NCc1ccc(C(=O)O)cc1. The van der Waals surface area contributed by atoms with E-state index < -0.39 is 12.0 Å². The molecular formula is C20H23N3O4. The van der Waals surface area contributed by atoms with E-state index in [1.165, 1.54) is 12.1 Å². The Bertz CT molecular complexity index is 845. The van der Waals surface area contributed by atoms with Crippen molar-refractivity contribution >= 4 is 29.3 Å². The summed E-state index contributed by atoms with van der Waals surface area (Å²) in [6.45, 7) is 5.72. The number of rotatable bonds is 6. The summed E-state index contributed by atoms with van der Waals surface area (Å²) in [4.78, 5) is 34.8. The van der Waals surface area contributed by atoms with Gasteiger partial charge in [-0.2, -0.15) is 0 Å². The number of carboxylic acid groups (broad SMARTS) is 1. The summed E-state index contributed by atoms with van der Waals surface area (Å²) in [7, 11) is 0. The number of aryl methyl sites for hydroxylation is 1. The van der Waals surface area contributed by atoms with Crippen molar-refractivity contribution in [2.45, 2.75) is 27.3 Å². The lowest BCUT2D eigenvalue weighted by Crippen LogP contribution is -2.28. The van der Waals surface area contributed by atoms with Gasteiger partial charge in [0.2, 0.25) is 5.91 Å². The molecule has 0 saturated carbocycles. The normalized spacial score (nSPS) is 10.4. The first-order valence-electron chi connectivity index (χ1n) is 8.55. The lowest BCUT2D eigenvalue weighted by Gasteiger charge is -2.13. The van der Waals surface area contributed by atoms with Crippen molar-refractivity contribution in [3.05, 3.63) is 59.2 Å². The van der Waals surface area contributed by atoms with Gasteiger partial charge in [0.1, 0.15) is 0 Å². The number of carbonyl (C=O) groups excluding carboxylic acids is 2. The number of carboxylic acids is 1. The molecule has 0 saturated heterocycles. The molecule has 0 aliphatic carbocycles. The number of nitrogens with one attached hydrogen (secondary N) is 3. The zero-order valence-electron chi connectivity index (χ0n) is 15.5. The Morgan fingerprint density at radius 2 is 1.67 bits per heavy atom. The quantitative estimate of drug-likeness (QED) is 0.624. The van der Waals surface area contributed by atoms with Crippen LogP contribution in [0.4, 0.5) is 16.2 Å². The molecule has 0 aliphatic rings. The van der Waals surface area contributed by atoms with E-state index >= 15 is 0 Å². The van der Waals surface area contributed by atoms with Gasteiger partial charge in [0.15, 0.2) is 0 Å². The predicted molar refractivity (Wildman–Crippen MR) is 104 cm³/mol. The average molecular weight is 369 g/mol. The van der Waals surface area contributed by atoms with Gasteiger partial charge in [-0.1, -0.05) is 32.0 Å². The van der Waals surface area contributed by atoms with Gasteiger partial charge in [0.25, 0.3) is 0 Å². The highest BCUT2D eigenvalue weighted by atomic mass is 16.4.